The first-order valence-electron chi connectivity index (χ1n) is 18.1. The van der Waals surface area contributed by atoms with Crippen LogP contribution in [-0.4, -0.2) is 70.2 Å². The summed E-state index contributed by atoms with van der Waals surface area (Å²) in [6.07, 6.45) is 16.6. The van der Waals surface area contributed by atoms with Crippen LogP contribution in [0.4, 0.5) is 0 Å². The third-order valence-corrected chi connectivity index (χ3v) is 13.0. The van der Waals surface area contributed by atoms with Gasteiger partial charge in [-0.2, -0.15) is 0 Å². The van der Waals surface area contributed by atoms with Gasteiger partial charge in [-0.15, -0.1) is 6.42 Å². The summed E-state index contributed by atoms with van der Waals surface area (Å²) in [7, 11) is 0. The number of carbonyl (C=O) groups excluding carboxylic acids is 2. The Labute approximate surface area is 286 Å². The number of fused-ring (bicyclic) bond motifs is 5. The van der Waals surface area contributed by atoms with Crippen LogP contribution in [0.2, 0.25) is 0 Å². The summed E-state index contributed by atoms with van der Waals surface area (Å²) in [5.41, 5.74) is 0.689. The van der Waals surface area contributed by atoms with E-state index >= 15 is 0 Å². The lowest BCUT2D eigenvalue weighted by Gasteiger charge is -2.58. The van der Waals surface area contributed by atoms with E-state index < -0.39 is 41.1 Å². The average molecular weight is 668 g/mol. The minimum Gasteiger partial charge on any atom is -0.481 e. The van der Waals surface area contributed by atoms with Crippen LogP contribution in [-0.2, 0) is 24.0 Å². The molecule has 0 unspecified atom stereocenters. The first kappa shape index (κ1) is 36.4. The number of carbonyl (C=O) groups is 3. The molecule has 3 saturated carbocycles. The Morgan fingerprint density at radius 3 is 2.46 bits per heavy atom. The number of amides is 2. The third kappa shape index (κ3) is 7.05. The van der Waals surface area contributed by atoms with Crippen LogP contribution in [0.3, 0.4) is 0 Å². The molecule has 4 fully saturated rings. The predicted octanol–water partition coefficient (Wildman–Crippen LogP) is 4.99. The summed E-state index contributed by atoms with van der Waals surface area (Å²) in [5.74, 6) is 2.19. The number of aliphatic hydroxyl groups is 1. The van der Waals surface area contributed by atoms with Crippen LogP contribution in [0.15, 0.2) is 16.8 Å². The molecule has 0 spiro atoms. The second kappa shape index (κ2) is 13.8. The minimum absolute atomic E-state index is 0.0486. The van der Waals surface area contributed by atoms with Crippen molar-refractivity contribution >= 4 is 23.5 Å². The third-order valence-electron chi connectivity index (χ3n) is 13.0. The zero-order valence-electron chi connectivity index (χ0n) is 29.8. The monoisotopic (exact) mass is 667 g/mol. The maximum absolute atomic E-state index is 13.4. The van der Waals surface area contributed by atoms with Gasteiger partial charge in [0.15, 0.2) is 6.61 Å². The van der Waals surface area contributed by atoms with Crippen molar-refractivity contribution < 1.29 is 34.2 Å². The summed E-state index contributed by atoms with van der Waals surface area (Å²) in [4.78, 5) is 43.5. The zero-order valence-corrected chi connectivity index (χ0v) is 29.8. The van der Waals surface area contributed by atoms with E-state index in [0.717, 1.165) is 50.7 Å². The first-order valence-corrected chi connectivity index (χ1v) is 18.1. The molecule has 10 heteroatoms. The fraction of sp³-hybridized carbons (Fsp3) is 0.789. The van der Waals surface area contributed by atoms with Crippen molar-refractivity contribution in [3.05, 3.63) is 11.6 Å². The molecule has 266 valence electrons. The van der Waals surface area contributed by atoms with Crippen LogP contribution in [0.5, 0.6) is 0 Å². The number of oxime groups is 1. The molecule has 1 heterocycles. The van der Waals surface area contributed by atoms with Gasteiger partial charge in [-0.1, -0.05) is 44.3 Å². The van der Waals surface area contributed by atoms with Crippen LogP contribution in [0, 0.1) is 52.8 Å². The quantitative estimate of drug-likeness (QED) is 0.190. The molecule has 9 atom stereocenters. The molecular formula is C38H57N3O7. The summed E-state index contributed by atoms with van der Waals surface area (Å²) in [6.45, 7) is 12.4. The van der Waals surface area contributed by atoms with Crippen molar-refractivity contribution in [3.8, 4) is 12.3 Å². The molecule has 5 rings (SSSR count). The zero-order chi connectivity index (χ0) is 35.1. The van der Waals surface area contributed by atoms with E-state index in [9.17, 15) is 24.6 Å². The van der Waals surface area contributed by atoms with Crippen molar-refractivity contribution in [2.24, 2.45) is 45.6 Å². The van der Waals surface area contributed by atoms with E-state index in [0.29, 0.717) is 43.6 Å². The number of hydrogen-bond donors (Lipinski definition) is 4. The number of terminal acetylenes is 1. The highest BCUT2D eigenvalue weighted by atomic mass is 16.6. The molecule has 5 aliphatic rings. The largest absolute Gasteiger partial charge is 0.481 e. The van der Waals surface area contributed by atoms with Gasteiger partial charge in [-0.25, -0.2) is 0 Å². The number of aliphatic carboxylic acids is 1. The number of rotatable bonds is 10. The topological polar surface area (TPSA) is 147 Å². The van der Waals surface area contributed by atoms with Gasteiger partial charge in [-0.3, -0.25) is 14.4 Å². The number of nitrogens with zero attached hydrogens (tertiary/aromatic N) is 1. The van der Waals surface area contributed by atoms with Crippen LogP contribution in [0.25, 0.3) is 0 Å². The lowest BCUT2D eigenvalue weighted by molar-refractivity contribution is -0.140. The van der Waals surface area contributed by atoms with Gasteiger partial charge >= 0.3 is 5.97 Å². The Morgan fingerprint density at radius 2 is 1.79 bits per heavy atom. The van der Waals surface area contributed by atoms with E-state index in [1.807, 2.05) is 27.7 Å². The highest BCUT2D eigenvalue weighted by molar-refractivity contribution is 5.96. The predicted molar refractivity (Wildman–Crippen MR) is 183 cm³/mol. The molecule has 0 radical (unpaired) electrons. The molecule has 0 aromatic carbocycles. The van der Waals surface area contributed by atoms with Crippen molar-refractivity contribution in [1.82, 2.24) is 10.6 Å². The second-order valence-electron chi connectivity index (χ2n) is 16.7. The van der Waals surface area contributed by atoms with E-state index in [2.05, 4.69) is 41.6 Å². The number of carboxylic acid groups (broad SMARTS) is 1. The molecule has 4 aliphatic carbocycles. The van der Waals surface area contributed by atoms with Gasteiger partial charge in [0.1, 0.15) is 11.6 Å². The van der Waals surface area contributed by atoms with E-state index in [1.54, 1.807) is 0 Å². The Balaban J connectivity index is 1.17. The van der Waals surface area contributed by atoms with Gasteiger partial charge in [0.2, 0.25) is 5.91 Å². The SMILES string of the molecule is C#C[C@@]1(O)CC[C@H]2[C@@H]3CCC4=C/C(=N\OCC(=O)N[C@@H](C(=O)N[C@H](CC(=O)O)[C@@H]5CCOC(C)(C)C5)C(C)C)CC[C@]4(C)[C@H]3CC[C@@]21C. The Hall–Kier alpha value is -2.90. The Morgan fingerprint density at radius 1 is 1.06 bits per heavy atom. The molecule has 10 nitrogen and oxygen atoms in total. The summed E-state index contributed by atoms with van der Waals surface area (Å²) < 4.78 is 5.80. The maximum atomic E-state index is 13.4. The molecule has 48 heavy (non-hydrogen) atoms. The normalized spacial score (nSPS) is 37.6. The second-order valence-corrected chi connectivity index (χ2v) is 16.7. The molecular weight excluding hydrogens is 610 g/mol. The van der Waals surface area contributed by atoms with Gasteiger partial charge in [-0.05, 0) is 119 Å². The van der Waals surface area contributed by atoms with Gasteiger partial charge in [0.05, 0.1) is 17.7 Å². The number of nitrogens with one attached hydrogen (secondary N) is 2. The molecule has 0 aromatic rings. The minimum atomic E-state index is -1.00. The summed E-state index contributed by atoms with van der Waals surface area (Å²) in [6, 6.07) is -1.42. The first-order chi connectivity index (χ1) is 22.5. The van der Waals surface area contributed by atoms with Gasteiger partial charge in [0, 0.05) is 18.1 Å². The Bertz CT molecular complexity index is 1370. The summed E-state index contributed by atoms with van der Waals surface area (Å²) in [5, 5.41) is 30.9. The highest BCUT2D eigenvalue weighted by Gasteiger charge is 2.63. The summed E-state index contributed by atoms with van der Waals surface area (Å²) >= 11 is 0. The van der Waals surface area contributed by atoms with Crippen LogP contribution < -0.4 is 10.6 Å². The van der Waals surface area contributed by atoms with Crippen molar-refractivity contribution in [2.45, 2.75) is 135 Å². The lowest BCUT2D eigenvalue weighted by atomic mass is 9.46. The average Bonchev–Trinajstić information content (AvgIpc) is 3.29. The van der Waals surface area contributed by atoms with Gasteiger partial charge < -0.3 is 30.4 Å². The molecule has 0 aromatic heterocycles. The van der Waals surface area contributed by atoms with E-state index in [-0.39, 0.29) is 35.7 Å². The fourth-order valence-corrected chi connectivity index (χ4v) is 10.2. The van der Waals surface area contributed by atoms with E-state index in [1.165, 1.54) is 5.57 Å². The van der Waals surface area contributed by atoms with Crippen molar-refractivity contribution in [3.63, 3.8) is 0 Å². The van der Waals surface area contributed by atoms with Crippen molar-refractivity contribution in [1.29, 1.82) is 0 Å². The number of carboxylic acids is 1. The van der Waals surface area contributed by atoms with Crippen molar-refractivity contribution in [2.75, 3.05) is 13.2 Å². The van der Waals surface area contributed by atoms with Crippen LogP contribution >= 0.6 is 0 Å². The molecule has 0 bridgehead atoms. The fourth-order valence-electron chi connectivity index (χ4n) is 10.2. The highest BCUT2D eigenvalue weighted by Crippen LogP contribution is 2.67. The maximum Gasteiger partial charge on any atom is 0.305 e. The Kier molecular flexibility index (Phi) is 10.4. The number of allylic oxidation sites excluding steroid dienone is 2. The lowest BCUT2D eigenvalue weighted by Crippen LogP contribution is -2.55. The molecule has 2 amide bonds. The molecule has 1 saturated heterocycles. The van der Waals surface area contributed by atoms with Gasteiger partial charge in [0.25, 0.3) is 5.91 Å². The van der Waals surface area contributed by atoms with Crippen LogP contribution in [0.1, 0.15) is 112 Å². The number of ether oxygens (including phenoxy) is 1. The van der Waals surface area contributed by atoms with E-state index in [4.69, 9.17) is 16.0 Å². The molecule has 4 N–H and O–H groups in total. The standard InChI is InChI=1S/C38H57N3O7/c1-8-38(46)17-13-29-27-10-9-25-19-26(11-15-36(25,6)28(27)12-16-37(29,38)7)41-48-22-31(42)40-33(23(2)3)34(45)39-30(20-32(43)44)24-14-18-47-35(4,5)21-24/h1,19,23-24,27-30,33,46H,9-18,20-22H2,2-7H3,(H,39,45)(H,40,42)(H,43,44)/b41-26-/t24-,27-,28+,29+,30-,33-,36+,37+,38-/m1/s1. The smallest absolute Gasteiger partial charge is 0.305 e. The number of hydrogen-bond acceptors (Lipinski definition) is 7. The molecule has 1 aliphatic heterocycles.